The molecule has 0 fully saturated rings. The molecule has 102 valence electrons. The molecule has 1 rings (SSSR count). The molecule has 1 aromatic rings. The zero-order valence-corrected chi connectivity index (χ0v) is 13.4. The monoisotopic (exact) mass is 311 g/mol. The zero-order chi connectivity index (χ0) is 13.2. The Morgan fingerprint density at radius 1 is 1.00 bits per heavy atom. The number of benzene rings is 1. The van der Waals surface area contributed by atoms with Crippen LogP contribution in [0.25, 0.3) is 0 Å². The fraction of sp³-hybridized carbons (Fsp3) is 0.625. The molecule has 0 radical (unpaired) electrons. The highest BCUT2D eigenvalue weighted by atomic mass is 79.9. The van der Waals surface area contributed by atoms with Gasteiger partial charge >= 0.3 is 0 Å². The van der Waals surface area contributed by atoms with E-state index in [2.05, 4.69) is 53.3 Å². The van der Waals surface area contributed by atoms with Crippen molar-refractivity contribution in [3.63, 3.8) is 0 Å². The molecule has 0 unspecified atom stereocenters. The van der Waals surface area contributed by atoms with Gasteiger partial charge in [-0.05, 0) is 47.0 Å². The SMILES string of the molecule is CCCCCCCCCNc1ccc(C)cc1Br. The molecule has 0 amide bonds. The number of anilines is 1. The average Bonchev–Trinajstić information content (AvgIpc) is 2.35. The average molecular weight is 312 g/mol. The van der Waals surface area contributed by atoms with Crippen LogP contribution in [0.4, 0.5) is 5.69 Å². The lowest BCUT2D eigenvalue weighted by Crippen LogP contribution is -2.02. The van der Waals surface area contributed by atoms with Gasteiger partial charge < -0.3 is 5.32 Å². The highest BCUT2D eigenvalue weighted by molar-refractivity contribution is 9.10. The molecule has 1 N–H and O–H groups in total. The van der Waals surface area contributed by atoms with Crippen LogP contribution in [-0.4, -0.2) is 6.54 Å². The predicted molar refractivity (Wildman–Crippen MR) is 85.4 cm³/mol. The van der Waals surface area contributed by atoms with Crippen molar-refractivity contribution in [2.24, 2.45) is 0 Å². The number of aryl methyl sites for hydroxylation is 1. The minimum absolute atomic E-state index is 1.08. The Hall–Kier alpha value is -0.500. The molecule has 18 heavy (non-hydrogen) atoms. The number of hydrogen-bond donors (Lipinski definition) is 1. The van der Waals surface area contributed by atoms with Gasteiger partial charge in [0.25, 0.3) is 0 Å². The van der Waals surface area contributed by atoms with Crippen molar-refractivity contribution in [2.75, 3.05) is 11.9 Å². The third kappa shape index (κ3) is 6.44. The van der Waals surface area contributed by atoms with E-state index in [9.17, 15) is 0 Å². The van der Waals surface area contributed by atoms with Crippen LogP contribution in [0, 0.1) is 6.92 Å². The first-order valence-corrected chi connectivity index (χ1v) is 8.03. The third-order valence-corrected chi connectivity index (χ3v) is 3.88. The number of unbranched alkanes of at least 4 members (excludes halogenated alkanes) is 6. The fourth-order valence-electron chi connectivity index (χ4n) is 2.07. The lowest BCUT2D eigenvalue weighted by atomic mass is 10.1. The van der Waals surface area contributed by atoms with Gasteiger partial charge in [0.1, 0.15) is 0 Å². The van der Waals surface area contributed by atoms with Crippen molar-refractivity contribution in [1.82, 2.24) is 0 Å². The number of halogens is 1. The maximum atomic E-state index is 3.60. The van der Waals surface area contributed by atoms with Crippen LogP contribution >= 0.6 is 15.9 Å². The van der Waals surface area contributed by atoms with Gasteiger partial charge in [0.15, 0.2) is 0 Å². The molecule has 0 aliphatic heterocycles. The lowest BCUT2D eigenvalue weighted by Gasteiger charge is -2.09. The lowest BCUT2D eigenvalue weighted by molar-refractivity contribution is 0.596. The van der Waals surface area contributed by atoms with E-state index in [0.29, 0.717) is 0 Å². The van der Waals surface area contributed by atoms with Crippen molar-refractivity contribution in [2.45, 2.75) is 58.8 Å². The first-order valence-electron chi connectivity index (χ1n) is 7.24. The first kappa shape index (κ1) is 15.6. The van der Waals surface area contributed by atoms with Gasteiger partial charge in [-0.2, -0.15) is 0 Å². The summed E-state index contributed by atoms with van der Waals surface area (Å²) in [5.41, 5.74) is 2.51. The Kier molecular flexibility index (Phi) is 8.15. The van der Waals surface area contributed by atoms with Crippen molar-refractivity contribution < 1.29 is 0 Å². The van der Waals surface area contributed by atoms with Crippen molar-refractivity contribution in [3.8, 4) is 0 Å². The second-order valence-electron chi connectivity index (χ2n) is 5.03. The molecule has 0 aromatic heterocycles. The van der Waals surface area contributed by atoms with E-state index in [1.807, 2.05) is 0 Å². The van der Waals surface area contributed by atoms with Gasteiger partial charge in [0.2, 0.25) is 0 Å². The minimum Gasteiger partial charge on any atom is -0.384 e. The summed E-state index contributed by atoms with van der Waals surface area (Å²) in [7, 11) is 0. The molecular formula is C16H26BrN. The van der Waals surface area contributed by atoms with Crippen LogP contribution in [0.2, 0.25) is 0 Å². The van der Waals surface area contributed by atoms with Gasteiger partial charge in [0.05, 0.1) is 0 Å². The largest absolute Gasteiger partial charge is 0.384 e. The van der Waals surface area contributed by atoms with E-state index in [4.69, 9.17) is 0 Å². The summed E-state index contributed by atoms with van der Waals surface area (Å²) in [6.07, 6.45) is 9.55. The third-order valence-electron chi connectivity index (χ3n) is 3.22. The molecule has 2 heteroatoms. The molecule has 0 atom stereocenters. The van der Waals surface area contributed by atoms with Gasteiger partial charge in [0, 0.05) is 16.7 Å². The summed E-state index contributed by atoms with van der Waals surface area (Å²) < 4.78 is 1.17. The van der Waals surface area contributed by atoms with Crippen LogP contribution in [0.3, 0.4) is 0 Å². The number of nitrogens with one attached hydrogen (secondary N) is 1. The zero-order valence-electron chi connectivity index (χ0n) is 11.8. The summed E-state index contributed by atoms with van der Waals surface area (Å²) in [5, 5.41) is 3.50. The van der Waals surface area contributed by atoms with Crippen LogP contribution in [0.1, 0.15) is 57.4 Å². The maximum absolute atomic E-state index is 3.60. The summed E-state index contributed by atoms with van der Waals surface area (Å²) in [6, 6.07) is 6.46. The Labute approximate surface area is 120 Å². The highest BCUT2D eigenvalue weighted by Gasteiger charge is 1.98. The topological polar surface area (TPSA) is 12.0 Å². The number of hydrogen-bond acceptors (Lipinski definition) is 1. The van der Waals surface area contributed by atoms with E-state index >= 15 is 0 Å². The quantitative estimate of drug-likeness (QED) is 0.558. The normalized spacial score (nSPS) is 10.6. The molecule has 1 nitrogen and oxygen atoms in total. The molecule has 0 saturated heterocycles. The summed E-state index contributed by atoms with van der Waals surface area (Å²) in [4.78, 5) is 0. The fourth-order valence-corrected chi connectivity index (χ4v) is 2.70. The summed E-state index contributed by atoms with van der Waals surface area (Å²) in [5.74, 6) is 0. The Morgan fingerprint density at radius 3 is 2.33 bits per heavy atom. The van der Waals surface area contributed by atoms with Crippen LogP contribution in [0.5, 0.6) is 0 Å². The Morgan fingerprint density at radius 2 is 1.67 bits per heavy atom. The van der Waals surface area contributed by atoms with Gasteiger partial charge in [-0.25, -0.2) is 0 Å². The molecule has 1 aromatic carbocycles. The van der Waals surface area contributed by atoms with E-state index in [-0.39, 0.29) is 0 Å². The number of rotatable bonds is 9. The standard InChI is InChI=1S/C16H26BrN/c1-3-4-5-6-7-8-9-12-18-16-11-10-14(2)13-15(16)17/h10-11,13,18H,3-9,12H2,1-2H3. The van der Waals surface area contributed by atoms with E-state index < -0.39 is 0 Å². The summed E-state index contributed by atoms with van der Waals surface area (Å²) in [6.45, 7) is 5.46. The van der Waals surface area contributed by atoms with E-state index in [1.165, 1.54) is 60.7 Å². The van der Waals surface area contributed by atoms with Crippen molar-refractivity contribution in [3.05, 3.63) is 28.2 Å². The highest BCUT2D eigenvalue weighted by Crippen LogP contribution is 2.23. The molecule has 0 spiro atoms. The van der Waals surface area contributed by atoms with Crippen LogP contribution < -0.4 is 5.32 Å². The van der Waals surface area contributed by atoms with E-state index in [0.717, 1.165) is 6.54 Å². The Bertz CT molecular complexity index is 336. The van der Waals surface area contributed by atoms with Crippen molar-refractivity contribution in [1.29, 1.82) is 0 Å². The second-order valence-corrected chi connectivity index (χ2v) is 5.89. The molecule has 0 saturated carbocycles. The molecule has 0 aliphatic carbocycles. The van der Waals surface area contributed by atoms with Crippen molar-refractivity contribution >= 4 is 21.6 Å². The Balaban J connectivity index is 2.07. The molecular weight excluding hydrogens is 286 g/mol. The predicted octanol–water partition coefficient (Wildman–Crippen LogP) is 5.92. The van der Waals surface area contributed by atoms with Gasteiger partial charge in [-0.15, -0.1) is 0 Å². The van der Waals surface area contributed by atoms with Crippen LogP contribution in [-0.2, 0) is 0 Å². The molecule has 0 bridgehead atoms. The second kappa shape index (κ2) is 9.43. The maximum Gasteiger partial charge on any atom is 0.0484 e. The van der Waals surface area contributed by atoms with Gasteiger partial charge in [-0.3, -0.25) is 0 Å². The van der Waals surface area contributed by atoms with Crippen LogP contribution in [0.15, 0.2) is 22.7 Å². The summed E-state index contributed by atoms with van der Waals surface area (Å²) >= 11 is 3.60. The first-order chi connectivity index (χ1) is 8.74. The smallest absolute Gasteiger partial charge is 0.0484 e. The van der Waals surface area contributed by atoms with Gasteiger partial charge in [-0.1, -0.05) is 51.5 Å². The van der Waals surface area contributed by atoms with E-state index in [1.54, 1.807) is 0 Å². The molecule has 0 heterocycles. The minimum atomic E-state index is 1.08. The molecule has 0 aliphatic rings.